The maximum absolute atomic E-state index is 11.3. The van der Waals surface area contributed by atoms with Crippen LogP contribution in [0.2, 0.25) is 0 Å². The molecule has 0 aliphatic heterocycles. The lowest BCUT2D eigenvalue weighted by Crippen LogP contribution is -2.01. The number of aromatic nitrogens is 4. The zero-order chi connectivity index (χ0) is 13.4. The van der Waals surface area contributed by atoms with Crippen LogP contribution < -0.4 is 0 Å². The second kappa shape index (κ2) is 4.43. The first kappa shape index (κ1) is 11.8. The van der Waals surface area contributed by atoms with Crippen molar-refractivity contribution in [2.45, 2.75) is 6.92 Å². The molecule has 0 spiro atoms. The number of carbonyl (C=O) groups excluding carboxylic acids is 1. The Morgan fingerprint density at radius 2 is 2.26 bits per heavy atom. The van der Waals surface area contributed by atoms with E-state index in [1.165, 1.54) is 34.9 Å². The normalized spacial score (nSPS) is 10.8. The summed E-state index contributed by atoms with van der Waals surface area (Å²) in [5.74, 6) is -0.511. The zero-order valence-electron chi connectivity index (χ0n) is 10.3. The van der Waals surface area contributed by atoms with Gasteiger partial charge in [-0.25, -0.2) is 9.78 Å². The molecule has 6 nitrogen and oxygen atoms in total. The van der Waals surface area contributed by atoms with E-state index in [1.807, 2.05) is 19.1 Å². The van der Waals surface area contributed by atoms with Crippen molar-refractivity contribution in [3.05, 3.63) is 35.7 Å². The highest BCUT2D eigenvalue weighted by molar-refractivity contribution is 7.20. The van der Waals surface area contributed by atoms with Gasteiger partial charge in [0.25, 0.3) is 0 Å². The van der Waals surface area contributed by atoms with Gasteiger partial charge in [0.1, 0.15) is 0 Å². The van der Waals surface area contributed by atoms with Crippen LogP contribution in [0, 0.1) is 6.92 Å². The summed E-state index contributed by atoms with van der Waals surface area (Å²) in [6.45, 7) is 2.03. The summed E-state index contributed by atoms with van der Waals surface area (Å²) >= 11 is 1.49. The Bertz CT molecular complexity index is 762. The number of nitrogens with zero attached hydrogens (tertiary/aromatic N) is 4. The Hall–Kier alpha value is -2.28. The van der Waals surface area contributed by atoms with E-state index in [0.717, 1.165) is 10.2 Å². The third-order valence-electron chi connectivity index (χ3n) is 2.62. The van der Waals surface area contributed by atoms with Crippen LogP contribution in [0.4, 0.5) is 0 Å². The second-order valence-corrected chi connectivity index (χ2v) is 5.02. The molecule has 2 heterocycles. The highest BCUT2D eigenvalue weighted by Gasteiger charge is 2.13. The van der Waals surface area contributed by atoms with Crippen LogP contribution in [0.1, 0.15) is 16.1 Å². The summed E-state index contributed by atoms with van der Waals surface area (Å²) in [5, 5.41) is 8.31. The average molecular weight is 274 g/mol. The molecule has 96 valence electrons. The Kier molecular flexibility index (Phi) is 2.75. The van der Waals surface area contributed by atoms with Gasteiger partial charge in [-0.05, 0) is 24.6 Å². The number of esters is 1. The maximum atomic E-state index is 11.3. The summed E-state index contributed by atoms with van der Waals surface area (Å²) in [7, 11) is 1.31. The SMILES string of the molecule is COC(=O)c1cn(-c2nc3ccc(C)cc3s2)nn1. The van der Waals surface area contributed by atoms with Crippen LogP contribution in [0.15, 0.2) is 24.4 Å². The minimum Gasteiger partial charge on any atom is -0.464 e. The molecule has 0 saturated heterocycles. The van der Waals surface area contributed by atoms with Crippen LogP contribution in [-0.4, -0.2) is 33.1 Å². The van der Waals surface area contributed by atoms with Crippen molar-refractivity contribution in [1.29, 1.82) is 0 Å². The Labute approximate surface area is 112 Å². The summed E-state index contributed by atoms with van der Waals surface area (Å²) in [4.78, 5) is 15.8. The van der Waals surface area contributed by atoms with Gasteiger partial charge in [0.05, 0.1) is 23.5 Å². The Morgan fingerprint density at radius 3 is 3.05 bits per heavy atom. The van der Waals surface area contributed by atoms with Crippen molar-refractivity contribution in [3.63, 3.8) is 0 Å². The van der Waals surface area contributed by atoms with Gasteiger partial charge < -0.3 is 4.74 Å². The van der Waals surface area contributed by atoms with E-state index in [1.54, 1.807) is 0 Å². The fourth-order valence-electron chi connectivity index (χ4n) is 1.67. The van der Waals surface area contributed by atoms with Crippen molar-refractivity contribution < 1.29 is 9.53 Å². The van der Waals surface area contributed by atoms with Gasteiger partial charge in [0, 0.05) is 0 Å². The number of hydrogen-bond acceptors (Lipinski definition) is 6. The number of fused-ring (bicyclic) bond motifs is 1. The number of rotatable bonds is 2. The predicted octanol–water partition coefficient (Wildman–Crippen LogP) is 1.97. The lowest BCUT2D eigenvalue weighted by molar-refractivity contribution is 0.0594. The first-order valence-electron chi connectivity index (χ1n) is 5.55. The van der Waals surface area contributed by atoms with Crippen LogP contribution in [0.3, 0.4) is 0 Å². The molecule has 3 rings (SSSR count). The number of ether oxygens (including phenoxy) is 1. The molecule has 0 radical (unpaired) electrons. The first-order chi connectivity index (χ1) is 9.17. The Balaban J connectivity index is 2.04. The van der Waals surface area contributed by atoms with Gasteiger partial charge in [-0.15, -0.1) is 5.10 Å². The molecule has 2 aromatic heterocycles. The molecule has 0 N–H and O–H groups in total. The fraction of sp³-hybridized carbons (Fsp3) is 0.167. The van der Waals surface area contributed by atoms with E-state index in [4.69, 9.17) is 0 Å². The molecule has 0 unspecified atom stereocenters. The third-order valence-corrected chi connectivity index (χ3v) is 3.62. The molecule has 0 aliphatic carbocycles. The molecular formula is C12H10N4O2S. The van der Waals surface area contributed by atoms with Crippen molar-refractivity contribution >= 4 is 27.5 Å². The summed E-state index contributed by atoms with van der Waals surface area (Å²) in [6, 6.07) is 6.03. The highest BCUT2D eigenvalue weighted by Crippen LogP contribution is 2.25. The van der Waals surface area contributed by atoms with E-state index >= 15 is 0 Å². The molecule has 19 heavy (non-hydrogen) atoms. The van der Waals surface area contributed by atoms with Crippen molar-refractivity contribution in [2.24, 2.45) is 0 Å². The molecule has 0 bridgehead atoms. The largest absolute Gasteiger partial charge is 0.464 e. The van der Waals surface area contributed by atoms with E-state index in [2.05, 4.69) is 26.1 Å². The number of methoxy groups -OCH3 is 1. The second-order valence-electron chi connectivity index (χ2n) is 4.01. The summed E-state index contributed by atoms with van der Waals surface area (Å²) in [5.41, 5.74) is 2.25. The van der Waals surface area contributed by atoms with Gasteiger partial charge >= 0.3 is 5.97 Å². The quantitative estimate of drug-likeness (QED) is 0.668. The predicted molar refractivity (Wildman–Crippen MR) is 70.6 cm³/mol. The van der Waals surface area contributed by atoms with Gasteiger partial charge in [-0.3, -0.25) is 0 Å². The van der Waals surface area contributed by atoms with Crippen molar-refractivity contribution in [3.8, 4) is 5.13 Å². The summed E-state index contributed by atoms with van der Waals surface area (Å²) in [6.07, 6.45) is 1.51. The minimum atomic E-state index is -0.511. The minimum absolute atomic E-state index is 0.165. The monoisotopic (exact) mass is 274 g/mol. The summed E-state index contributed by atoms with van der Waals surface area (Å²) < 4.78 is 7.14. The smallest absolute Gasteiger partial charge is 0.360 e. The number of carbonyl (C=O) groups is 1. The van der Waals surface area contributed by atoms with Gasteiger partial charge in [0.2, 0.25) is 5.13 Å². The Morgan fingerprint density at radius 1 is 1.42 bits per heavy atom. The average Bonchev–Trinajstić information content (AvgIpc) is 3.03. The number of aryl methyl sites for hydroxylation is 1. The molecular weight excluding hydrogens is 264 g/mol. The molecule has 0 fully saturated rings. The van der Waals surface area contributed by atoms with Gasteiger partial charge in [0.15, 0.2) is 5.69 Å². The highest BCUT2D eigenvalue weighted by atomic mass is 32.1. The third kappa shape index (κ3) is 2.08. The number of hydrogen-bond donors (Lipinski definition) is 0. The van der Waals surface area contributed by atoms with Crippen LogP contribution in [-0.2, 0) is 4.74 Å². The van der Waals surface area contributed by atoms with Crippen molar-refractivity contribution in [2.75, 3.05) is 7.11 Å². The molecule has 1 aromatic carbocycles. The lowest BCUT2D eigenvalue weighted by atomic mass is 10.2. The van der Waals surface area contributed by atoms with Gasteiger partial charge in [-0.2, -0.15) is 4.68 Å². The number of benzene rings is 1. The maximum Gasteiger partial charge on any atom is 0.360 e. The zero-order valence-corrected chi connectivity index (χ0v) is 11.1. The number of thiazole rings is 1. The molecule has 0 amide bonds. The van der Waals surface area contributed by atoms with Crippen molar-refractivity contribution in [1.82, 2.24) is 20.0 Å². The van der Waals surface area contributed by atoms with Crippen LogP contribution in [0.5, 0.6) is 0 Å². The molecule has 3 aromatic rings. The lowest BCUT2D eigenvalue weighted by Gasteiger charge is -1.90. The van der Waals surface area contributed by atoms with Gasteiger partial charge in [-0.1, -0.05) is 22.6 Å². The molecule has 0 atom stereocenters. The van der Waals surface area contributed by atoms with E-state index < -0.39 is 5.97 Å². The topological polar surface area (TPSA) is 69.9 Å². The molecule has 0 aliphatic rings. The molecule has 7 heteroatoms. The molecule has 0 saturated carbocycles. The van der Waals surface area contributed by atoms with E-state index in [9.17, 15) is 4.79 Å². The fourth-order valence-corrected chi connectivity index (χ4v) is 2.66. The van der Waals surface area contributed by atoms with Crippen LogP contribution in [0.25, 0.3) is 15.3 Å². The van der Waals surface area contributed by atoms with E-state index in [-0.39, 0.29) is 5.69 Å². The van der Waals surface area contributed by atoms with E-state index in [0.29, 0.717) is 5.13 Å². The first-order valence-corrected chi connectivity index (χ1v) is 6.37. The standard InChI is InChI=1S/C12H10N4O2S/c1-7-3-4-8-10(5-7)19-12(13-8)16-6-9(14-15-16)11(17)18-2/h3-6H,1-2H3. The van der Waals surface area contributed by atoms with Crippen LogP contribution >= 0.6 is 11.3 Å².